The third-order valence-electron chi connectivity index (χ3n) is 5.55. The Balaban J connectivity index is 2.16. The van der Waals surface area contributed by atoms with Gasteiger partial charge < -0.3 is 20.1 Å². The highest BCUT2D eigenvalue weighted by Gasteiger charge is 2.42. The molecule has 3 amide bonds. The van der Waals surface area contributed by atoms with Crippen molar-refractivity contribution < 1.29 is 32.2 Å². The van der Waals surface area contributed by atoms with Crippen LogP contribution in [0.3, 0.4) is 0 Å². The molecule has 34 heavy (non-hydrogen) atoms. The maximum atomic E-state index is 13.8. The summed E-state index contributed by atoms with van der Waals surface area (Å²) < 4.78 is 51.8. The van der Waals surface area contributed by atoms with Crippen molar-refractivity contribution in [2.75, 3.05) is 26.1 Å². The molecule has 10 heteroatoms. The molecule has 0 saturated heterocycles. The van der Waals surface area contributed by atoms with Gasteiger partial charge in [0.15, 0.2) is 0 Å². The Morgan fingerprint density at radius 1 is 1.15 bits per heavy atom. The van der Waals surface area contributed by atoms with Crippen LogP contribution in [-0.2, 0) is 15.7 Å². The van der Waals surface area contributed by atoms with Gasteiger partial charge in [0.2, 0.25) is 0 Å². The fourth-order valence-electron chi connectivity index (χ4n) is 4.08. The summed E-state index contributed by atoms with van der Waals surface area (Å²) in [6.45, 7) is 3.41. The third-order valence-corrected chi connectivity index (χ3v) is 5.55. The van der Waals surface area contributed by atoms with Crippen LogP contribution in [0, 0.1) is 0 Å². The smallest absolute Gasteiger partial charge is 0.416 e. The van der Waals surface area contributed by atoms with Gasteiger partial charge in [-0.25, -0.2) is 4.79 Å². The van der Waals surface area contributed by atoms with E-state index in [1.807, 2.05) is 0 Å². The number of allylic oxidation sites excluding steroid dienone is 1. The van der Waals surface area contributed by atoms with Crippen LogP contribution in [0.15, 0.2) is 59.8 Å². The van der Waals surface area contributed by atoms with Gasteiger partial charge in [0, 0.05) is 12.8 Å². The van der Waals surface area contributed by atoms with Crippen LogP contribution >= 0.6 is 0 Å². The van der Waals surface area contributed by atoms with Gasteiger partial charge in [0.05, 0.1) is 42.6 Å². The molecule has 1 aliphatic rings. The molecule has 1 aliphatic heterocycles. The lowest BCUT2D eigenvalue weighted by atomic mass is 9.90. The van der Waals surface area contributed by atoms with Gasteiger partial charge in [-0.1, -0.05) is 30.3 Å². The first-order valence-corrected chi connectivity index (χ1v) is 10.5. The number of nitrogens with one attached hydrogen (secondary N) is 2. The lowest BCUT2D eigenvalue weighted by molar-refractivity contribution is -0.138. The Morgan fingerprint density at radius 3 is 2.44 bits per heavy atom. The van der Waals surface area contributed by atoms with Crippen molar-refractivity contribution in [3.05, 3.63) is 70.9 Å². The largest absolute Gasteiger partial charge is 0.495 e. The summed E-state index contributed by atoms with van der Waals surface area (Å²) in [7, 11) is 2.90. The Bertz CT molecular complexity index is 1100. The van der Waals surface area contributed by atoms with E-state index in [9.17, 15) is 22.8 Å². The monoisotopic (exact) mass is 477 g/mol. The minimum Gasteiger partial charge on any atom is -0.495 e. The quantitative estimate of drug-likeness (QED) is 0.605. The minimum atomic E-state index is -4.68. The number of alkyl halides is 3. The minimum absolute atomic E-state index is 0.0230. The summed E-state index contributed by atoms with van der Waals surface area (Å²) in [5.74, 6) is -0.288. The Morgan fingerprint density at radius 2 is 1.79 bits per heavy atom. The zero-order valence-electron chi connectivity index (χ0n) is 19.2. The number of hydrogen-bond donors (Lipinski definition) is 2. The number of ether oxygens (including phenoxy) is 2. The van der Waals surface area contributed by atoms with Crippen LogP contribution in [0.25, 0.3) is 0 Å². The molecule has 0 spiro atoms. The van der Waals surface area contributed by atoms with Crippen LogP contribution in [0.2, 0.25) is 0 Å². The van der Waals surface area contributed by atoms with Gasteiger partial charge in [-0.05, 0) is 37.6 Å². The van der Waals surface area contributed by atoms with Crippen molar-refractivity contribution in [2.45, 2.75) is 32.1 Å². The fourth-order valence-corrected chi connectivity index (χ4v) is 4.08. The van der Waals surface area contributed by atoms with E-state index >= 15 is 0 Å². The first kappa shape index (κ1) is 25.1. The number of amides is 3. The van der Waals surface area contributed by atoms with Crippen molar-refractivity contribution >= 4 is 17.6 Å². The van der Waals surface area contributed by atoms with Gasteiger partial charge >= 0.3 is 12.2 Å². The van der Waals surface area contributed by atoms with E-state index in [1.54, 1.807) is 31.2 Å². The predicted molar refractivity (Wildman–Crippen MR) is 120 cm³/mol. The molecule has 182 valence electrons. The molecule has 2 unspecified atom stereocenters. The van der Waals surface area contributed by atoms with E-state index in [2.05, 4.69) is 10.6 Å². The number of urea groups is 1. The summed E-state index contributed by atoms with van der Waals surface area (Å²) in [4.78, 5) is 27.8. The molecule has 7 nitrogen and oxygen atoms in total. The number of anilines is 1. The number of benzene rings is 2. The number of carbonyl (C=O) groups excluding carboxylic acids is 2. The molecular formula is C24H26F3N3O4. The Hall–Kier alpha value is -3.53. The van der Waals surface area contributed by atoms with E-state index in [4.69, 9.17) is 9.47 Å². The average molecular weight is 477 g/mol. The van der Waals surface area contributed by atoms with Gasteiger partial charge in [-0.15, -0.1) is 0 Å². The van der Waals surface area contributed by atoms with Crippen molar-refractivity contribution in [2.24, 2.45) is 0 Å². The highest BCUT2D eigenvalue weighted by Crippen LogP contribution is 2.40. The van der Waals surface area contributed by atoms with Crippen LogP contribution in [0.5, 0.6) is 5.75 Å². The lowest BCUT2D eigenvalue weighted by Crippen LogP contribution is -2.52. The van der Waals surface area contributed by atoms with Crippen LogP contribution < -0.4 is 15.4 Å². The number of hydrogen-bond acceptors (Lipinski definition) is 4. The molecule has 2 aromatic carbocycles. The molecular weight excluding hydrogens is 451 g/mol. The molecule has 2 aromatic rings. The maximum Gasteiger partial charge on any atom is 0.416 e. The summed E-state index contributed by atoms with van der Waals surface area (Å²) in [6.07, 6.45) is -4.68. The van der Waals surface area contributed by atoms with Gasteiger partial charge in [-0.2, -0.15) is 13.2 Å². The maximum absolute atomic E-state index is 13.8. The van der Waals surface area contributed by atoms with Crippen molar-refractivity contribution in [1.82, 2.24) is 10.2 Å². The van der Waals surface area contributed by atoms with E-state index in [-0.39, 0.29) is 23.4 Å². The van der Waals surface area contributed by atoms with Crippen LogP contribution in [0.1, 0.15) is 31.0 Å². The average Bonchev–Trinajstić information content (AvgIpc) is 2.78. The van der Waals surface area contributed by atoms with Crippen molar-refractivity contribution in [3.8, 4) is 5.75 Å². The highest BCUT2D eigenvalue weighted by atomic mass is 19.4. The van der Waals surface area contributed by atoms with Gasteiger partial charge in [-0.3, -0.25) is 9.69 Å². The molecule has 2 atom stereocenters. The number of halogens is 3. The molecule has 0 aliphatic carbocycles. The first-order chi connectivity index (χ1) is 16.1. The molecule has 2 N–H and O–H groups in total. The zero-order valence-corrected chi connectivity index (χ0v) is 19.2. The fraction of sp³-hybridized carbons (Fsp3) is 0.333. The summed E-state index contributed by atoms with van der Waals surface area (Å²) >= 11 is 0. The topological polar surface area (TPSA) is 79.9 Å². The summed E-state index contributed by atoms with van der Waals surface area (Å²) in [5.41, 5.74) is -0.625. The lowest BCUT2D eigenvalue weighted by Gasteiger charge is -2.39. The van der Waals surface area contributed by atoms with Crippen LogP contribution in [-0.4, -0.2) is 43.7 Å². The van der Waals surface area contributed by atoms with E-state index in [1.165, 1.54) is 44.2 Å². The molecule has 3 rings (SSSR count). The Kier molecular flexibility index (Phi) is 7.51. The normalized spacial score (nSPS) is 17.3. The molecule has 0 saturated carbocycles. The number of methoxy groups -OCH3 is 2. The van der Waals surface area contributed by atoms with Crippen LogP contribution in [0.4, 0.5) is 23.7 Å². The SMILES string of the molecule is COCC(C)N1C(=O)NC(c2ccccc2C(F)(F)F)C(C(=O)Nc2ccccc2OC)=C1C. The standard InChI is InChI=1S/C24H26F3N3O4/c1-14(13-33-3)30-15(2)20(22(31)28-18-11-7-8-12-19(18)34-4)21(29-23(30)32)16-9-5-6-10-17(16)24(25,26)27/h5-12,14,21H,13H2,1-4H3,(H,28,31)(H,29,32). The van der Waals surface area contributed by atoms with Gasteiger partial charge in [0.25, 0.3) is 5.91 Å². The zero-order chi connectivity index (χ0) is 25.0. The van der Waals surface area contributed by atoms with Crippen molar-refractivity contribution in [1.29, 1.82) is 0 Å². The molecule has 0 fully saturated rings. The molecule has 0 radical (unpaired) electrons. The van der Waals surface area contributed by atoms with E-state index in [0.29, 0.717) is 11.4 Å². The number of carbonyl (C=O) groups is 2. The predicted octanol–water partition coefficient (Wildman–Crippen LogP) is 4.73. The number of para-hydroxylation sites is 2. The first-order valence-electron chi connectivity index (χ1n) is 10.5. The number of nitrogens with zero attached hydrogens (tertiary/aromatic N) is 1. The van der Waals surface area contributed by atoms with Crippen molar-refractivity contribution in [3.63, 3.8) is 0 Å². The second-order valence-electron chi connectivity index (χ2n) is 7.80. The van der Waals surface area contributed by atoms with Gasteiger partial charge in [0.1, 0.15) is 5.75 Å². The molecule has 0 bridgehead atoms. The highest BCUT2D eigenvalue weighted by molar-refractivity contribution is 6.07. The summed E-state index contributed by atoms with van der Waals surface area (Å²) in [5, 5.41) is 5.31. The summed E-state index contributed by atoms with van der Waals surface area (Å²) in [6, 6.07) is 9.10. The third kappa shape index (κ3) is 5.01. The second kappa shape index (κ2) is 10.2. The molecule has 1 heterocycles. The Labute approximate surface area is 195 Å². The van der Waals surface area contributed by atoms with E-state index in [0.717, 1.165) is 6.07 Å². The molecule has 0 aromatic heterocycles. The second-order valence-corrected chi connectivity index (χ2v) is 7.80. The number of rotatable bonds is 7. The van der Waals surface area contributed by atoms with E-state index < -0.39 is 35.8 Å².